The number of aliphatic hydroxyl groups excluding tert-OH is 1. The maximum Gasteiger partial charge on any atom is 0.271 e. The maximum atomic E-state index is 11.1. The third-order valence-electron chi connectivity index (χ3n) is 1.85. The fourth-order valence-corrected chi connectivity index (χ4v) is 1.11. The summed E-state index contributed by atoms with van der Waals surface area (Å²) in [7, 11) is 0. The fraction of sp³-hybridized carbons (Fsp3) is 0.500. The quantitative estimate of drug-likeness (QED) is 0.691. The van der Waals surface area contributed by atoms with E-state index >= 15 is 0 Å². The SMILES string of the molecule is CCC(CO)Nc1nc[nH]c(=O)c1Cl. The Bertz CT molecular complexity index is 349. The van der Waals surface area contributed by atoms with Crippen molar-refractivity contribution in [3.8, 4) is 0 Å². The molecule has 1 rings (SSSR count). The van der Waals surface area contributed by atoms with Gasteiger partial charge in [0.2, 0.25) is 0 Å². The highest BCUT2D eigenvalue weighted by molar-refractivity contribution is 6.32. The van der Waals surface area contributed by atoms with Gasteiger partial charge in [-0.3, -0.25) is 4.79 Å². The van der Waals surface area contributed by atoms with Crippen LogP contribution in [0.2, 0.25) is 5.02 Å². The molecule has 0 saturated carbocycles. The number of hydrogen-bond acceptors (Lipinski definition) is 4. The Morgan fingerprint density at radius 2 is 2.50 bits per heavy atom. The second-order valence-corrected chi connectivity index (χ2v) is 3.20. The van der Waals surface area contributed by atoms with Gasteiger partial charge in [0, 0.05) is 0 Å². The van der Waals surface area contributed by atoms with E-state index in [0.717, 1.165) is 6.42 Å². The molecule has 0 amide bonds. The Kier molecular flexibility index (Phi) is 3.91. The summed E-state index contributed by atoms with van der Waals surface area (Å²) in [5, 5.41) is 11.8. The number of rotatable bonds is 4. The minimum absolute atomic E-state index is 0.0133. The highest BCUT2D eigenvalue weighted by atomic mass is 35.5. The van der Waals surface area contributed by atoms with Crippen LogP contribution in [-0.4, -0.2) is 27.7 Å². The van der Waals surface area contributed by atoms with Gasteiger partial charge in [-0.2, -0.15) is 0 Å². The molecule has 0 spiro atoms. The van der Waals surface area contributed by atoms with Crippen molar-refractivity contribution in [2.75, 3.05) is 11.9 Å². The number of aliphatic hydroxyl groups is 1. The number of halogens is 1. The molecule has 1 heterocycles. The third-order valence-corrected chi connectivity index (χ3v) is 2.20. The second-order valence-electron chi connectivity index (χ2n) is 2.83. The highest BCUT2D eigenvalue weighted by Crippen LogP contribution is 2.13. The molecule has 0 aliphatic carbocycles. The Labute approximate surface area is 86.1 Å². The summed E-state index contributed by atoms with van der Waals surface area (Å²) in [4.78, 5) is 17.3. The largest absolute Gasteiger partial charge is 0.394 e. The number of aromatic amines is 1. The molecule has 1 unspecified atom stereocenters. The summed E-state index contributed by atoms with van der Waals surface area (Å²) < 4.78 is 0. The fourth-order valence-electron chi connectivity index (χ4n) is 0.954. The van der Waals surface area contributed by atoms with Gasteiger partial charge in [-0.15, -0.1) is 0 Å². The molecule has 0 aromatic carbocycles. The average Bonchev–Trinajstić information content (AvgIpc) is 2.20. The molecule has 1 aromatic heterocycles. The van der Waals surface area contributed by atoms with Crippen LogP contribution in [-0.2, 0) is 0 Å². The Morgan fingerprint density at radius 1 is 1.79 bits per heavy atom. The summed E-state index contributed by atoms with van der Waals surface area (Å²) in [5.74, 6) is 0.302. The number of anilines is 1. The summed E-state index contributed by atoms with van der Waals surface area (Å²) in [6.07, 6.45) is 1.99. The van der Waals surface area contributed by atoms with Crippen molar-refractivity contribution in [2.24, 2.45) is 0 Å². The van der Waals surface area contributed by atoms with E-state index in [4.69, 9.17) is 16.7 Å². The molecule has 1 atom stereocenters. The van der Waals surface area contributed by atoms with Crippen LogP contribution in [0.5, 0.6) is 0 Å². The van der Waals surface area contributed by atoms with Crippen molar-refractivity contribution >= 4 is 17.4 Å². The van der Waals surface area contributed by atoms with Gasteiger partial charge >= 0.3 is 0 Å². The van der Waals surface area contributed by atoms with Crippen molar-refractivity contribution in [1.29, 1.82) is 0 Å². The number of nitrogens with one attached hydrogen (secondary N) is 2. The molecule has 78 valence electrons. The van der Waals surface area contributed by atoms with Crippen LogP contribution in [0.15, 0.2) is 11.1 Å². The first kappa shape index (κ1) is 11.0. The van der Waals surface area contributed by atoms with Crippen molar-refractivity contribution < 1.29 is 5.11 Å². The lowest BCUT2D eigenvalue weighted by Crippen LogP contribution is -2.25. The van der Waals surface area contributed by atoms with Crippen molar-refractivity contribution in [3.63, 3.8) is 0 Å². The summed E-state index contributed by atoms with van der Waals surface area (Å²) in [6, 6.07) is -0.137. The first-order chi connectivity index (χ1) is 6.69. The predicted octanol–water partition coefficient (Wildman–Crippen LogP) is 0.606. The Balaban J connectivity index is 2.86. The molecular formula is C8H12ClN3O2. The topological polar surface area (TPSA) is 78.0 Å². The normalized spacial score (nSPS) is 12.5. The Hall–Kier alpha value is -1.07. The molecule has 0 fully saturated rings. The van der Waals surface area contributed by atoms with E-state index in [1.807, 2.05) is 6.92 Å². The van der Waals surface area contributed by atoms with Gasteiger partial charge < -0.3 is 15.4 Å². The summed E-state index contributed by atoms with van der Waals surface area (Å²) in [5.41, 5.74) is -0.392. The van der Waals surface area contributed by atoms with Gasteiger partial charge in [-0.05, 0) is 6.42 Å². The zero-order valence-electron chi connectivity index (χ0n) is 7.75. The molecule has 14 heavy (non-hydrogen) atoms. The third kappa shape index (κ3) is 2.46. The Morgan fingerprint density at radius 3 is 3.07 bits per heavy atom. The zero-order chi connectivity index (χ0) is 10.6. The average molecular weight is 218 g/mol. The molecule has 0 saturated heterocycles. The van der Waals surface area contributed by atoms with E-state index in [-0.39, 0.29) is 17.7 Å². The smallest absolute Gasteiger partial charge is 0.271 e. The minimum atomic E-state index is -0.392. The van der Waals surface area contributed by atoms with Crippen LogP contribution in [0.25, 0.3) is 0 Å². The summed E-state index contributed by atoms with van der Waals surface area (Å²) >= 11 is 5.70. The molecule has 5 nitrogen and oxygen atoms in total. The van der Waals surface area contributed by atoms with Crippen LogP contribution in [0, 0.1) is 0 Å². The van der Waals surface area contributed by atoms with Gasteiger partial charge in [0.25, 0.3) is 5.56 Å². The molecule has 1 aromatic rings. The highest BCUT2D eigenvalue weighted by Gasteiger charge is 2.09. The number of hydrogen-bond donors (Lipinski definition) is 3. The van der Waals surface area contributed by atoms with E-state index in [2.05, 4.69) is 15.3 Å². The monoisotopic (exact) mass is 217 g/mol. The van der Waals surface area contributed by atoms with Gasteiger partial charge in [0.1, 0.15) is 5.02 Å². The van der Waals surface area contributed by atoms with Crippen molar-refractivity contribution in [3.05, 3.63) is 21.7 Å². The predicted molar refractivity (Wildman–Crippen MR) is 54.7 cm³/mol. The van der Waals surface area contributed by atoms with E-state index in [0.29, 0.717) is 5.82 Å². The lowest BCUT2D eigenvalue weighted by Gasteiger charge is -2.14. The van der Waals surface area contributed by atoms with Gasteiger partial charge in [0.05, 0.1) is 19.0 Å². The van der Waals surface area contributed by atoms with E-state index < -0.39 is 5.56 Å². The lowest BCUT2D eigenvalue weighted by molar-refractivity contribution is 0.271. The van der Waals surface area contributed by atoms with E-state index in [9.17, 15) is 4.79 Å². The van der Waals surface area contributed by atoms with Crippen molar-refractivity contribution in [2.45, 2.75) is 19.4 Å². The number of H-pyrrole nitrogens is 1. The molecule has 0 bridgehead atoms. The zero-order valence-corrected chi connectivity index (χ0v) is 8.51. The van der Waals surface area contributed by atoms with Crippen LogP contribution < -0.4 is 10.9 Å². The minimum Gasteiger partial charge on any atom is -0.394 e. The molecule has 0 radical (unpaired) electrons. The molecular weight excluding hydrogens is 206 g/mol. The number of aromatic nitrogens is 2. The molecule has 0 aliphatic heterocycles. The van der Waals surface area contributed by atoms with Crippen LogP contribution in [0.3, 0.4) is 0 Å². The maximum absolute atomic E-state index is 11.1. The number of nitrogens with zero attached hydrogens (tertiary/aromatic N) is 1. The van der Waals surface area contributed by atoms with Crippen LogP contribution in [0.4, 0.5) is 5.82 Å². The van der Waals surface area contributed by atoms with Gasteiger partial charge in [-0.25, -0.2) is 4.98 Å². The van der Waals surface area contributed by atoms with Gasteiger partial charge in [0.15, 0.2) is 5.82 Å². The van der Waals surface area contributed by atoms with E-state index in [1.54, 1.807) is 0 Å². The first-order valence-electron chi connectivity index (χ1n) is 4.29. The van der Waals surface area contributed by atoms with Crippen molar-refractivity contribution in [1.82, 2.24) is 9.97 Å². The van der Waals surface area contributed by atoms with E-state index in [1.165, 1.54) is 6.33 Å². The standard InChI is InChI=1S/C8H12ClN3O2/c1-2-5(3-13)12-7-6(9)8(14)11-4-10-7/h4-5,13H,2-3H2,1H3,(H2,10,11,12,14). The molecule has 6 heteroatoms. The lowest BCUT2D eigenvalue weighted by atomic mass is 10.2. The second kappa shape index (κ2) is 4.97. The van der Waals surface area contributed by atoms with Crippen LogP contribution in [0.1, 0.15) is 13.3 Å². The molecule has 0 aliphatic rings. The summed E-state index contributed by atoms with van der Waals surface area (Å²) in [6.45, 7) is 1.89. The first-order valence-corrected chi connectivity index (χ1v) is 4.67. The van der Waals surface area contributed by atoms with Crippen LogP contribution >= 0.6 is 11.6 Å². The molecule has 3 N–H and O–H groups in total. The van der Waals surface area contributed by atoms with Gasteiger partial charge in [-0.1, -0.05) is 18.5 Å².